The molecule has 1 fully saturated rings. The van der Waals surface area contributed by atoms with E-state index in [1.807, 2.05) is 0 Å². The van der Waals surface area contributed by atoms with Crippen molar-refractivity contribution in [1.82, 2.24) is 5.32 Å². The molecular weight excluding hydrogens is 249 g/mol. The smallest absolute Gasteiger partial charge is 0.329 e. The van der Waals surface area contributed by atoms with Gasteiger partial charge in [-0.15, -0.1) is 0 Å². The Balaban J connectivity index is 2.01. The van der Waals surface area contributed by atoms with E-state index in [1.54, 1.807) is 19.1 Å². The van der Waals surface area contributed by atoms with E-state index < -0.39 is 5.54 Å². The van der Waals surface area contributed by atoms with Crippen LogP contribution in [0, 0.1) is 5.82 Å². The predicted octanol–water partition coefficient (Wildman–Crippen LogP) is 1.89. The van der Waals surface area contributed by atoms with Gasteiger partial charge in [-0.05, 0) is 31.9 Å². The summed E-state index contributed by atoms with van der Waals surface area (Å²) >= 11 is 0. The summed E-state index contributed by atoms with van der Waals surface area (Å²) < 4.78 is 23.3. The molecule has 1 unspecified atom stereocenters. The molecule has 5 heteroatoms. The molecule has 104 valence electrons. The molecule has 19 heavy (non-hydrogen) atoms. The lowest BCUT2D eigenvalue weighted by Crippen LogP contribution is -2.55. The number of nitrogens with one attached hydrogen (secondary N) is 1. The van der Waals surface area contributed by atoms with Gasteiger partial charge in [0.2, 0.25) is 0 Å². The summed E-state index contributed by atoms with van der Waals surface area (Å²) in [4.78, 5) is 11.8. The maximum atomic E-state index is 13.0. The molecular formula is C14H18FNO3. The molecule has 0 bridgehead atoms. The largest absolute Gasteiger partial charge is 0.491 e. The summed E-state index contributed by atoms with van der Waals surface area (Å²) in [5, 5.41) is 3.21. The molecule has 1 N–H and O–H groups in total. The van der Waals surface area contributed by atoms with Crippen molar-refractivity contribution in [3.8, 4) is 5.75 Å². The van der Waals surface area contributed by atoms with Crippen LogP contribution in [0.4, 0.5) is 4.39 Å². The lowest BCUT2D eigenvalue weighted by molar-refractivity contribution is -0.149. The van der Waals surface area contributed by atoms with Crippen LogP contribution in [0.25, 0.3) is 0 Å². The van der Waals surface area contributed by atoms with Gasteiger partial charge in [-0.2, -0.15) is 0 Å². The van der Waals surface area contributed by atoms with E-state index in [2.05, 4.69) is 5.32 Å². The molecule has 1 saturated carbocycles. The lowest BCUT2D eigenvalue weighted by Gasteiger charge is -2.28. The SMILES string of the molecule is COC(=O)C(C)(COc1cccc(F)c1)NC1CC1. The molecule has 2 rings (SSSR count). The Labute approximate surface area is 111 Å². The molecule has 0 saturated heterocycles. The summed E-state index contributed by atoms with van der Waals surface area (Å²) in [6, 6.07) is 6.18. The number of carbonyl (C=O) groups is 1. The molecule has 1 aliphatic rings. The minimum Gasteiger partial charge on any atom is -0.491 e. The van der Waals surface area contributed by atoms with Crippen LogP contribution in [-0.2, 0) is 9.53 Å². The second-order valence-electron chi connectivity index (χ2n) is 4.99. The van der Waals surface area contributed by atoms with Crippen LogP contribution in [0.1, 0.15) is 19.8 Å². The first-order chi connectivity index (χ1) is 9.03. The molecule has 0 heterocycles. The summed E-state index contributed by atoms with van der Waals surface area (Å²) in [6.07, 6.45) is 2.10. The van der Waals surface area contributed by atoms with Crippen LogP contribution in [0.5, 0.6) is 5.75 Å². The Morgan fingerprint density at radius 2 is 2.26 bits per heavy atom. The van der Waals surface area contributed by atoms with E-state index in [9.17, 15) is 9.18 Å². The third-order valence-electron chi connectivity index (χ3n) is 3.06. The maximum absolute atomic E-state index is 13.0. The predicted molar refractivity (Wildman–Crippen MR) is 68.5 cm³/mol. The third kappa shape index (κ3) is 3.67. The number of methoxy groups -OCH3 is 1. The first kappa shape index (κ1) is 13.8. The van der Waals surface area contributed by atoms with Crippen LogP contribution >= 0.6 is 0 Å². The van der Waals surface area contributed by atoms with Gasteiger partial charge < -0.3 is 9.47 Å². The molecule has 0 aromatic heterocycles. The van der Waals surface area contributed by atoms with Crippen LogP contribution in [0.15, 0.2) is 24.3 Å². The van der Waals surface area contributed by atoms with Crippen LogP contribution in [0.2, 0.25) is 0 Å². The number of carbonyl (C=O) groups excluding carboxylic acids is 1. The van der Waals surface area contributed by atoms with Crippen molar-refractivity contribution in [3.05, 3.63) is 30.1 Å². The van der Waals surface area contributed by atoms with E-state index >= 15 is 0 Å². The highest BCUT2D eigenvalue weighted by molar-refractivity contribution is 5.80. The zero-order valence-electron chi connectivity index (χ0n) is 11.1. The number of hydrogen-bond acceptors (Lipinski definition) is 4. The van der Waals surface area contributed by atoms with E-state index in [0.29, 0.717) is 11.8 Å². The van der Waals surface area contributed by atoms with Crippen LogP contribution in [-0.4, -0.2) is 31.3 Å². The van der Waals surface area contributed by atoms with Crippen molar-refractivity contribution in [3.63, 3.8) is 0 Å². The Bertz CT molecular complexity index is 462. The highest BCUT2D eigenvalue weighted by Gasteiger charge is 2.40. The highest BCUT2D eigenvalue weighted by Crippen LogP contribution is 2.24. The van der Waals surface area contributed by atoms with E-state index in [1.165, 1.54) is 19.2 Å². The summed E-state index contributed by atoms with van der Waals surface area (Å²) in [7, 11) is 1.34. The average molecular weight is 267 g/mol. The van der Waals surface area contributed by atoms with Gasteiger partial charge in [0.1, 0.15) is 23.7 Å². The van der Waals surface area contributed by atoms with Gasteiger partial charge in [0, 0.05) is 12.1 Å². The van der Waals surface area contributed by atoms with Crippen molar-refractivity contribution in [2.24, 2.45) is 0 Å². The summed E-state index contributed by atoms with van der Waals surface area (Å²) in [5.41, 5.74) is -0.914. The third-order valence-corrected chi connectivity index (χ3v) is 3.06. The van der Waals surface area contributed by atoms with Crippen molar-refractivity contribution >= 4 is 5.97 Å². The fraction of sp³-hybridized carbons (Fsp3) is 0.500. The average Bonchev–Trinajstić information content (AvgIpc) is 3.19. The van der Waals surface area contributed by atoms with Gasteiger partial charge in [-0.3, -0.25) is 5.32 Å². The highest BCUT2D eigenvalue weighted by atomic mass is 19.1. The van der Waals surface area contributed by atoms with Gasteiger partial charge in [0.15, 0.2) is 0 Å². The number of benzene rings is 1. The first-order valence-electron chi connectivity index (χ1n) is 6.28. The zero-order chi connectivity index (χ0) is 13.9. The lowest BCUT2D eigenvalue weighted by atomic mass is 10.0. The quantitative estimate of drug-likeness (QED) is 0.800. The second kappa shape index (κ2) is 5.57. The van der Waals surface area contributed by atoms with E-state index in [-0.39, 0.29) is 18.4 Å². The number of hydrogen-bond donors (Lipinski definition) is 1. The van der Waals surface area contributed by atoms with Crippen molar-refractivity contribution in [1.29, 1.82) is 0 Å². The van der Waals surface area contributed by atoms with Crippen molar-refractivity contribution in [2.45, 2.75) is 31.3 Å². The molecule has 0 amide bonds. The second-order valence-corrected chi connectivity index (χ2v) is 4.99. The fourth-order valence-electron chi connectivity index (χ4n) is 1.85. The molecule has 1 aromatic carbocycles. The Hall–Kier alpha value is -1.62. The van der Waals surface area contributed by atoms with Gasteiger partial charge in [0.25, 0.3) is 0 Å². The Kier molecular flexibility index (Phi) is 4.04. The fourth-order valence-corrected chi connectivity index (χ4v) is 1.85. The van der Waals surface area contributed by atoms with Crippen molar-refractivity contribution < 1.29 is 18.7 Å². The zero-order valence-corrected chi connectivity index (χ0v) is 11.1. The number of esters is 1. The number of halogens is 1. The van der Waals surface area contributed by atoms with Crippen molar-refractivity contribution in [2.75, 3.05) is 13.7 Å². The first-order valence-corrected chi connectivity index (χ1v) is 6.28. The maximum Gasteiger partial charge on any atom is 0.329 e. The minimum atomic E-state index is -0.914. The Morgan fingerprint density at radius 3 is 2.84 bits per heavy atom. The molecule has 0 radical (unpaired) electrons. The van der Waals surface area contributed by atoms with Gasteiger partial charge >= 0.3 is 5.97 Å². The summed E-state index contributed by atoms with van der Waals surface area (Å²) in [6.45, 7) is 1.83. The van der Waals surface area contributed by atoms with Gasteiger partial charge in [-0.1, -0.05) is 6.07 Å². The number of rotatable bonds is 6. The monoisotopic (exact) mass is 267 g/mol. The summed E-state index contributed by atoms with van der Waals surface area (Å²) in [5.74, 6) is -0.351. The molecule has 1 aromatic rings. The molecule has 0 spiro atoms. The minimum absolute atomic E-state index is 0.0969. The topological polar surface area (TPSA) is 47.6 Å². The van der Waals surface area contributed by atoms with Crippen LogP contribution < -0.4 is 10.1 Å². The van der Waals surface area contributed by atoms with Gasteiger partial charge in [-0.25, -0.2) is 9.18 Å². The van der Waals surface area contributed by atoms with Crippen LogP contribution in [0.3, 0.4) is 0 Å². The standard InChI is InChI=1S/C14H18FNO3/c1-14(13(17)18-2,16-11-6-7-11)9-19-12-5-3-4-10(15)8-12/h3-5,8,11,16H,6-7,9H2,1-2H3. The normalized spacial score (nSPS) is 17.6. The molecule has 4 nitrogen and oxygen atoms in total. The molecule has 1 atom stereocenters. The Morgan fingerprint density at radius 1 is 1.53 bits per heavy atom. The van der Waals surface area contributed by atoms with Gasteiger partial charge in [0.05, 0.1) is 7.11 Å². The molecule has 0 aliphatic heterocycles. The number of ether oxygens (including phenoxy) is 2. The van der Waals surface area contributed by atoms with E-state index in [4.69, 9.17) is 9.47 Å². The molecule has 1 aliphatic carbocycles. The van der Waals surface area contributed by atoms with E-state index in [0.717, 1.165) is 12.8 Å².